The summed E-state index contributed by atoms with van der Waals surface area (Å²) in [6, 6.07) is 20.1. The number of hydrogen-bond acceptors (Lipinski definition) is 4. The molecule has 3 aromatic rings. The summed E-state index contributed by atoms with van der Waals surface area (Å²) in [7, 11) is 0. The van der Waals surface area contributed by atoms with Crippen molar-refractivity contribution in [2.45, 2.75) is 33.0 Å². The Kier molecular flexibility index (Phi) is 6.69. The maximum absolute atomic E-state index is 10.5. The Morgan fingerprint density at radius 2 is 1.78 bits per heavy atom. The van der Waals surface area contributed by atoms with Gasteiger partial charge in [-0.15, -0.1) is 0 Å². The SMILES string of the molecule is Cc1ccc(OCC(O)CN(Cc2ccccc2)Cc2ccco2)cc1C. The van der Waals surface area contributed by atoms with Crippen LogP contribution in [0.5, 0.6) is 5.75 Å². The van der Waals surface area contributed by atoms with E-state index in [4.69, 9.17) is 9.15 Å². The summed E-state index contributed by atoms with van der Waals surface area (Å²) in [5.74, 6) is 1.67. The van der Waals surface area contributed by atoms with Crippen molar-refractivity contribution in [1.82, 2.24) is 4.90 Å². The first-order chi connectivity index (χ1) is 13.1. The van der Waals surface area contributed by atoms with Gasteiger partial charge in [0.25, 0.3) is 0 Å². The van der Waals surface area contributed by atoms with Crippen molar-refractivity contribution in [2.24, 2.45) is 0 Å². The van der Waals surface area contributed by atoms with Crippen molar-refractivity contribution >= 4 is 0 Å². The van der Waals surface area contributed by atoms with Gasteiger partial charge < -0.3 is 14.3 Å². The van der Waals surface area contributed by atoms with E-state index in [1.54, 1.807) is 6.26 Å². The number of benzene rings is 2. The molecule has 0 aliphatic rings. The molecule has 0 aliphatic heterocycles. The fourth-order valence-electron chi connectivity index (χ4n) is 3.00. The highest BCUT2D eigenvalue weighted by molar-refractivity contribution is 5.33. The van der Waals surface area contributed by atoms with Crippen LogP contribution in [0.3, 0.4) is 0 Å². The van der Waals surface area contributed by atoms with Crippen LogP contribution in [0.2, 0.25) is 0 Å². The van der Waals surface area contributed by atoms with Crippen LogP contribution in [0.25, 0.3) is 0 Å². The van der Waals surface area contributed by atoms with Gasteiger partial charge in [-0.05, 0) is 54.8 Å². The number of aliphatic hydroxyl groups is 1. The van der Waals surface area contributed by atoms with Crippen molar-refractivity contribution in [2.75, 3.05) is 13.2 Å². The summed E-state index contributed by atoms with van der Waals surface area (Å²) in [5, 5.41) is 10.5. The highest BCUT2D eigenvalue weighted by atomic mass is 16.5. The lowest BCUT2D eigenvalue weighted by Crippen LogP contribution is -2.35. The molecule has 0 spiro atoms. The average molecular weight is 365 g/mol. The molecule has 4 nitrogen and oxygen atoms in total. The smallest absolute Gasteiger partial charge is 0.119 e. The molecule has 1 N–H and O–H groups in total. The van der Waals surface area contributed by atoms with E-state index in [0.717, 1.165) is 18.1 Å². The molecule has 27 heavy (non-hydrogen) atoms. The van der Waals surface area contributed by atoms with Crippen LogP contribution in [0.15, 0.2) is 71.3 Å². The van der Waals surface area contributed by atoms with Gasteiger partial charge in [-0.25, -0.2) is 0 Å². The maximum atomic E-state index is 10.5. The molecule has 0 saturated heterocycles. The zero-order chi connectivity index (χ0) is 19.1. The second kappa shape index (κ2) is 9.40. The van der Waals surface area contributed by atoms with E-state index in [2.05, 4.69) is 30.9 Å². The first-order valence-electron chi connectivity index (χ1n) is 9.27. The van der Waals surface area contributed by atoms with E-state index in [9.17, 15) is 5.11 Å². The van der Waals surface area contributed by atoms with E-state index in [1.165, 1.54) is 16.7 Å². The predicted molar refractivity (Wildman–Crippen MR) is 107 cm³/mol. The summed E-state index contributed by atoms with van der Waals surface area (Å²) < 4.78 is 11.3. The van der Waals surface area contributed by atoms with Crippen LogP contribution in [-0.2, 0) is 13.1 Å². The minimum absolute atomic E-state index is 0.256. The molecule has 3 rings (SSSR count). The van der Waals surface area contributed by atoms with Crippen LogP contribution in [0, 0.1) is 13.8 Å². The predicted octanol–water partition coefficient (Wildman–Crippen LogP) is 4.34. The fraction of sp³-hybridized carbons (Fsp3) is 0.304. The van der Waals surface area contributed by atoms with Crippen LogP contribution in [0.1, 0.15) is 22.5 Å². The fourth-order valence-corrected chi connectivity index (χ4v) is 3.00. The summed E-state index contributed by atoms with van der Waals surface area (Å²) in [6.07, 6.45) is 1.08. The van der Waals surface area contributed by atoms with Gasteiger partial charge in [0.05, 0.1) is 12.8 Å². The van der Waals surface area contributed by atoms with Gasteiger partial charge in [-0.3, -0.25) is 4.90 Å². The molecule has 0 aliphatic carbocycles. The molecule has 1 aromatic heterocycles. The summed E-state index contributed by atoms with van der Waals surface area (Å²) >= 11 is 0. The van der Waals surface area contributed by atoms with Gasteiger partial charge in [-0.2, -0.15) is 0 Å². The van der Waals surface area contributed by atoms with Crippen LogP contribution in [-0.4, -0.2) is 29.3 Å². The van der Waals surface area contributed by atoms with Gasteiger partial charge in [0, 0.05) is 13.1 Å². The minimum atomic E-state index is -0.592. The number of aryl methyl sites for hydroxylation is 2. The Bertz CT molecular complexity index is 815. The minimum Gasteiger partial charge on any atom is -0.491 e. The molecule has 0 amide bonds. The quantitative estimate of drug-likeness (QED) is 0.613. The molecule has 1 heterocycles. The van der Waals surface area contributed by atoms with Gasteiger partial charge in [0.1, 0.15) is 24.2 Å². The molecule has 2 aromatic carbocycles. The molecule has 1 unspecified atom stereocenters. The van der Waals surface area contributed by atoms with E-state index >= 15 is 0 Å². The third kappa shape index (κ3) is 5.98. The van der Waals surface area contributed by atoms with Crippen molar-refractivity contribution < 1.29 is 14.3 Å². The average Bonchev–Trinajstić information content (AvgIpc) is 3.16. The Morgan fingerprint density at radius 3 is 2.48 bits per heavy atom. The third-order valence-electron chi connectivity index (χ3n) is 4.60. The molecular formula is C23H27NO3. The third-order valence-corrected chi connectivity index (χ3v) is 4.60. The van der Waals surface area contributed by atoms with Gasteiger partial charge in [-0.1, -0.05) is 36.4 Å². The van der Waals surface area contributed by atoms with E-state index in [1.807, 2.05) is 48.5 Å². The molecule has 142 valence electrons. The van der Waals surface area contributed by atoms with Crippen molar-refractivity contribution in [3.8, 4) is 5.75 Å². The highest BCUT2D eigenvalue weighted by Gasteiger charge is 2.15. The lowest BCUT2D eigenvalue weighted by Gasteiger charge is -2.24. The molecule has 0 bridgehead atoms. The van der Waals surface area contributed by atoms with Crippen LogP contribution < -0.4 is 4.74 Å². The number of rotatable bonds is 9. The van der Waals surface area contributed by atoms with Crippen molar-refractivity contribution in [3.05, 3.63) is 89.4 Å². The summed E-state index contributed by atoms with van der Waals surface area (Å²) in [6.45, 7) is 6.27. The van der Waals surface area contributed by atoms with Crippen LogP contribution >= 0.6 is 0 Å². The number of nitrogens with zero attached hydrogens (tertiary/aromatic N) is 1. The molecule has 0 radical (unpaired) electrons. The highest BCUT2D eigenvalue weighted by Crippen LogP contribution is 2.17. The zero-order valence-corrected chi connectivity index (χ0v) is 16.0. The zero-order valence-electron chi connectivity index (χ0n) is 16.0. The standard InChI is InChI=1S/C23H27NO3/c1-18-10-11-22(13-19(18)2)27-17-21(25)15-24(16-23-9-6-12-26-23)14-20-7-4-3-5-8-20/h3-13,21,25H,14-17H2,1-2H3. The van der Waals surface area contributed by atoms with Gasteiger partial charge >= 0.3 is 0 Å². The van der Waals surface area contributed by atoms with E-state index in [-0.39, 0.29) is 6.61 Å². The molecule has 0 fully saturated rings. The lowest BCUT2D eigenvalue weighted by molar-refractivity contribution is 0.0604. The Balaban J connectivity index is 1.58. The Morgan fingerprint density at radius 1 is 0.963 bits per heavy atom. The normalized spacial score (nSPS) is 12.3. The first-order valence-corrected chi connectivity index (χ1v) is 9.27. The van der Waals surface area contributed by atoms with E-state index in [0.29, 0.717) is 13.1 Å². The number of aliphatic hydroxyl groups excluding tert-OH is 1. The molecule has 1 atom stereocenters. The monoisotopic (exact) mass is 365 g/mol. The second-order valence-electron chi connectivity index (χ2n) is 6.95. The Labute approximate surface area is 161 Å². The topological polar surface area (TPSA) is 45.8 Å². The van der Waals surface area contributed by atoms with Crippen LogP contribution in [0.4, 0.5) is 0 Å². The maximum Gasteiger partial charge on any atom is 0.119 e. The largest absolute Gasteiger partial charge is 0.491 e. The lowest BCUT2D eigenvalue weighted by atomic mass is 10.1. The van der Waals surface area contributed by atoms with Crippen molar-refractivity contribution in [1.29, 1.82) is 0 Å². The van der Waals surface area contributed by atoms with Gasteiger partial charge in [0.2, 0.25) is 0 Å². The first kappa shape index (κ1) is 19.2. The second-order valence-corrected chi connectivity index (χ2v) is 6.95. The molecular weight excluding hydrogens is 338 g/mol. The summed E-state index contributed by atoms with van der Waals surface area (Å²) in [5.41, 5.74) is 3.62. The van der Waals surface area contributed by atoms with Gasteiger partial charge in [0.15, 0.2) is 0 Å². The number of ether oxygens (including phenoxy) is 1. The number of hydrogen-bond donors (Lipinski definition) is 1. The number of furan rings is 1. The van der Waals surface area contributed by atoms with E-state index < -0.39 is 6.10 Å². The summed E-state index contributed by atoms with van der Waals surface area (Å²) in [4.78, 5) is 2.17. The van der Waals surface area contributed by atoms with Crippen molar-refractivity contribution in [3.63, 3.8) is 0 Å². The Hall–Kier alpha value is -2.56. The molecule has 4 heteroatoms. The molecule has 0 saturated carbocycles.